The Bertz CT molecular complexity index is 948. The van der Waals surface area contributed by atoms with E-state index in [4.69, 9.17) is 16.3 Å². The van der Waals surface area contributed by atoms with Gasteiger partial charge in [-0.1, -0.05) is 60.1 Å². The third-order valence-electron chi connectivity index (χ3n) is 4.26. The van der Waals surface area contributed by atoms with Gasteiger partial charge >= 0.3 is 5.97 Å². The number of halogens is 1. The van der Waals surface area contributed by atoms with E-state index < -0.39 is 12.0 Å². The highest BCUT2D eigenvalue weighted by Crippen LogP contribution is 2.19. The Balaban J connectivity index is 1.85. The summed E-state index contributed by atoms with van der Waals surface area (Å²) in [7, 11) is 0. The van der Waals surface area contributed by atoms with Crippen LogP contribution in [0.3, 0.4) is 0 Å². The predicted molar refractivity (Wildman–Crippen MR) is 107 cm³/mol. The number of hydrogen-bond acceptors (Lipinski definition) is 3. The standard InChI is InChI=1S/C22H20ClNO3/c1-2-27-22(26)20(14-15-10-12-17(23)13-11-15)24-21(25)19-9-5-7-16-6-3-4-8-18(16)19/h3-13,20H,2,14H2,1H3,(H,24,25)/t20-/m0/s1. The van der Waals surface area contributed by atoms with Crippen LogP contribution in [0.2, 0.25) is 5.02 Å². The van der Waals surface area contributed by atoms with Gasteiger partial charge in [0, 0.05) is 17.0 Å². The van der Waals surface area contributed by atoms with Crippen molar-refractivity contribution in [1.29, 1.82) is 0 Å². The van der Waals surface area contributed by atoms with Crippen LogP contribution in [-0.2, 0) is 16.0 Å². The van der Waals surface area contributed by atoms with E-state index in [1.807, 2.05) is 48.5 Å². The van der Waals surface area contributed by atoms with E-state index in [9.17, 15) is 9.59 Å². The highest BCUT2D eigenvalue weighted by Gasteiger charge is 2.23. The number of nitrogens with one attached hydrogen (secondary N) is 1. The molecule has 1 amide bonds. The summed E-state index contributed by atoms with van der Waals surface area (Å²) >= 11 is 5.92. The normalized spacial score (nSPS) is 11.8. The molecule has 0 aromatic heterocycles. The quantitative estimate of drug-likeness (QED) is 0.644. The average Bonchev–Trinajstić information content (AvgIpc) is 2.68. The summed E-state index contributed by atoms with van der Waals surface area (Å²) < 4.78 is 5.14. The van der Waals surface area contributed by atoms with Gasteiger partial charge in [-0.15, -0.1) is 0 Å². The zero-order valence-electron chi connectivity index (χ0n) is 14.9. The van der Waals surface area contributed by atoms with E-state index in [0.717, 1.165) is 16.3 Å². The Hall–Kier alpha value is -2.85. The molecule has 0 aliphatic rings. The van der Waals surface area contributed by atoms with Crippen molar-refractivity contribution in [1.82, 2.24) is 5.32 Å². The first-order valence-corrected chi connectivity index (χ1v) is 9.16. The Morgan fingerprint density at radius 1 is 1.00 bits per heavy atom. The summed E-state index contributed by atoms with van der Waals surface area (Å²) in [5.74, 6) is -0.764. The van der Waals surface area contributed by atoms with E-state index >= 15 is 0 Å². The van der Waals surface area contributed by atoms with E-state index in [-0.39, 0.29) is 12.5 Å². The third-order valence-corrected chi connectivity index (χ3v) is 4.52. The summed E-state index contributed by atoms with van der Waals surface area (Å²) in [6, 6.07) is 19.6. The smallest absolute Gasteiger partial charge is 0.328 e. The number of carbonyl (C=O) groups excluding carboxylic acids is 2. The first-order chi connectivity index (χ1) is 13.1. The lowest BCUT2D eigenvalue weighted by Crippen LogP contribution is -2.43. The summed E-state index contributed by atoms with van der Waals surface area (Å²) in [4.78, 5) is 25.3. The van der Waals surface area contributed by atoms with Gasteiger partial charge in [0.2, 0.25) is 0 Å². The van der Waals surface area contributed by atoms with Crippen molar-refractivity contribution in [2.24, 2.45) is 0 Å². The van der Waals surface area contributed by atoms with E-state index in [2.05, 4.69) is 5.32 Å². The maximum atomic E-state index is 12.9. The highest BCUT2D eigenvalue weighted by molar-refractivity contribution is 6.30. The van der Waals surface area contributed by atoms with Gasteiger partial charge in [0.1, 0.15) is 6.04 Å². The Kier molecular flexibility index (Phi) is 6.09. The monoisotopic (exact) mass is 381 g/mol. The molecule has 0 radical (unpaired) electrons. The SMILES string of the molecule is CCOC(=O)[C@H](Cc1ccc(Cl)cc1)NC(=O)c1cccc2ccccc12. The second-order valence-corrected chi connectivity index (χ2v) is 6.57. The van der Waals surface area contributed by atoms with Gasteiger partial charge in [-0.25, -0.2) is 4.79 Å². The van der Waals surface area contributed by atoms with Crippen molar-refractivity contribution in [3.8, 4) is 0 Å². The van der Waals surface area contributed by atoms with Gasteiger partial charge in [-0.05, 0) is 41.5 Å². The fraction of sp³-hybridized carbons (Fsp3) is 0.182. The van der Waals surface area contributed by atoms with Crippen molar-refractivity contribution >= 4 is 34.2 Å². The molecule has 0 saturated heterocycles. The third kappa shape index (κ3) is 4.66. The molecule has 1 atom stereocenters. The number of amides is 1. The highest BCUT2D eigenvalue weighted by atomic mass is 35.5. The van der Waals surface area contributed by atoms with Crippen LogP contribution in [0.1, 0.15) is 22.8 Å². The summed E-state index contributed by atoms with van der Waals surface area (Å²) in [5, 5.41) is 5.25. The first-order valence-electron chi connectivity index (χ1n) is 8.78. The van der Waals surface area contributed by atoms with Crippen molar-refractivity contribution in [3.63, 3.8) is 0 Å². The summed E-state index contributed by atoms with van der Waals surface area (Å²) in [6.07, 6.45) is 0.326. The molecule has 0 aliphatic heterocycles. The summed E-state index contributed by atoms with van der Waals surface area (Å²) in [6.45, 7) is 1.99. The number of benzene rings is 3. The van der Waals surface area contributed by atoms with Crippen LogP contribution in [0.5, 0.6) is 0 Å². The second kappa shape index (κ2) is 8.69. The molecule has 0 heterocycles. The van der Waals surface area contributed by atoms with E-state index in [1.165, 1.54) is 0 Å². The number of carbonyl (C=O) groups is 2. The fourth-order valence-electron chi connectivity index (χ4n) is 2.95. The topological polar surface area (TPSA) is 55.4 Å². The van der Waals surface area contributed by atoms with E-state index in [1.54, 1.807) is 25.1 Å². The van der Waals surface area contributed by atoms with Crippen LogP contribution in [0.4, 0.5) is 0 Å². The van der Waals surface area contributed by atoms with Crippen molar-refractivity contribution in [2.75, 3.05) is 6.61 Å². The molecule has 0 fully saturated rings. The second-order valence-electron chi connectivity index (χ2n) is 6.14. The fourth-order valence-corrected chi connectivity index (χ4v) is 3.08. The largest absolute Gasteiger partial charge is 0.464 e. The molecule has 3 aromatic rings. The molecule has 3 aromatic carbocycles. The minimum Gasteiger partial charge on any atom is -0.464 e. The number of esters is 1. The van der Waals surface area contributed by atoms with Gasteiger partial charge in [0.25, 0.3) is 5.91 Å². The molecular formula is C22H20ClNO3. The van der Waals surface area contributed by atoms with Crippen LogP contribution in [-0.4, -0.2) is 24.5 Å². The molecule has 1 N–H and O–H groups in total. The maximum Gasteiger partial charge on any atom is 0.328 e. The number of hydrogen-bond donors (Lipinski definition) is 1. The van der Waals surface area contributed by atoms with Gasteiger partial charge in [-0.2, -0.15) is 0 Å². The molecule has 4 nitrogen and oxygen atoms in total. The molecule has 0 unspecified atom stereocenters. The number of ether oxygens (including phenoxy) is 1. The average molecular weight is 382 g/mol. The minimum absolute atomic E-state index is 0.250. The van der Waals surface area contributed by atoms with Crippen LogP contribution in [0.15, 0.2) is 66.7 Å². The van der Waals surface area contributed by atoms with Gasteiger partial charge < -0.3 is 10.1 Å². The van der Waals surface area contributed by atoms with E-state index in [0.29, 0.717) is 17.0 Å². The Morgan fingerprint density at radius 3 is 2.44 bits per heavy atom. The van der Waals surface area contributed by atoms with Gasteiger partial charge in [0.05, 0.1) is 6.61 Å². The maximum absolute atomic E-state index is 12.9. The molecule has 138 valence electrons. The molecule has 0 saturated carbocycles. The number of fused-ring (bicyclic) bond motifs is 1. The molecular weight excluding hydrogens is 362 g/mol. The number of rotatable bonds is 6. The van der Waals surface area contributed by atoms with Crippen molar-refractivity contribution in [3.05, 3.63) is 82.9 Å². The van der Waals surface area contributed by atoms with Crippen molar-refractivity contribution in [2.45, 2.75) is 19.4 Å². The predicted octanol–water partition coefficient (Wildman–Crippen LogP) is 4.40. The Labute approximate surface area is 163 Å². The zero-order chi connectivity index (χ0) is 19.2. The van der Waals surface area contributed by atoms with Crippen LogP contribution in [0, 0.1) is 0 Å². The molecule has 5 heteroatoms. The Morgan fingerprint density at radius 2 is 1.70 bits per heavy atom. The first kappa shape index (κ1) is 18.9. The lowest BCUT2D eigenvalue weighted by molar-refractivity contribution is -0.145. The van der Waals surface area contributed by atoms with Gasteiger partial charge in [-0.3, -0.25) is 4.79 Å². The zero-order valence-corrected chi connectivity index (χ0v) is 15.7. The summed E-state index contributed by atoms with van der Waals surface area (Å²) in [5.41, 5.74) is 1.41. The molecule has 0 bridgehead atoms. The van der Waals surface area contributed by atoms with Crippen LogP contribution < -0.4 is 5.32 Å². The van der Waals surface area contributed by atoms with Gasteiger partial charge in [0.15, 0.2) is 0 Å². The molecule has 27 heavy (non-hydrogen) atoms. The molecule has 3 rings (SSSR count). The molecule has 0 spiro atoms. The lowest BCUT2D eigenvalue weighted by atomic mass is 10.0. The van der Waals surface area contributed by atoms with Crippen LogP contribution in [0.25, 0.3) is 10.8 Å². The lowest BCUT2D eigenvalue weighted by Gasteiger charge is -2.18. The molecule has 0 aliphatic carbocycles. The van der Waals surface area contributed by atoms with Crippen LogP contribution >= 0.6 is 11.6 Å². The van der Waals surface area contributed by atoms with Crippen molar-refractivity contribution < 1.29 is 14.3 Å². The minimum atomic E-state index is -0.780.